The summed E-state index contributed by atoms with van der Waals surface area (Å²) in [4.78, 5) is 14.5. The summed E-state index contributed by atoms with van der Waals surface area (Å²) in [6, 6.07) is 5.97. The summed E-state index contributed by atoms with van der Waals surface area (Å²) in [5.74, 6) is -0.227. The van der Waals surface area contributed by atoms with Crippen molar-refractivity contribution in [3.8, 4) is 0 Å². The first-order valence-corrected chi connectivity index (χ1v) is 10.8. The van der Waals surface area contributed by atoms with Crippen LogP contribution in [-0.4, -0.2) is 77.9 Å². The number of sulfonamides is 1. The van der Waals surface area contributed by atoms with Gasteiger partial charge in [0, 0.05) is 44.9 Å². The number of hydrogen-bond acceptors (Lipinski definition) is 6. The van der Waals surface area contributed by atoms with Gasteiger partial charge in [0.05, 0.1) is 24.2 Å². The van der Waals surface area contributed by atoms with Gasteiger partial charge in [-0.05, 0) is 37.1 Å². The van der Waals surface area contributed by atoms with E-state index in [0.717, 1.165) is 32.5 Å². The van der Waals surface area contributed by atoms with Crippen LogP contribution in [0, 0.1) is 0 Å². The maximum Gasteiger partial charge on any atom is 0.251 e. The fourth-order valence-corrected chi connectivity index (χ4v) is 4.17. The van der Waals surface area contributed by atoms with Crippen LogP contribution in [0.4, 0.5) is 0 Å². The van der Waals surface area contributed by atoms with Crippen LogP contribution in [-0.2, 0) is 19.5 Å². The van der Waals surface area contributed by atoms with Gasteiger partial charge < -0.3 is 14.8 Å². The Hall–Kier alpha value is -1.52. The standard InChI is InChI=1S/C18H27N3O5S/c22-18(19-14-16-2-1-11-26-16)15-3-5-17(6-4-15)27(23,24)20-7-8-21-9-12-25-13-10-21/h3-6,16,20H,1-2,7-14H2,(H,19,22). The fraction of sp³-hybridized carbons (Fsp3) is 0.611. The van der Waals surface area contributed by atoms with Crippen LogP contribution < -0.4 is 10.0 Å². The van der Waals surface area contributed by atoms with Gasteiger partial charge in [0.15, 0.2) is 0 Å². The predicted molar refractivity (Wildman–Crippen MR) is 100 cm³/mol. The van der Waals surface area contributed by atoms with Crippen molar-refractivity contribution in [2.75, 3.05) is 52.5 Å². The zero-order valence-corrected chi connectivity index (χ0v) is 16.2. The van der Waals surface area contributed by atoms with Gasteiger partial charge in [0.2, 0.25) is 10.0 Å². The van der Waals surface area contributed by atoms with Gasteiger partial charge in [-0.25, -0.2) is 13.1 Å². The van der Waals surface area contributed by atoms with E-state index in [1.165, 1.54) is 24.3 Å². The molecule has 2 aliphatic heterocycles. The van der Waals surface area contributed by atoms with Gasteiger partial charge >= 0.3 is 0 Å². The number of morpholine rings is 1. The van der Waals surface area contributed by atoms with Gasteiger partial charge in [-0.15, -0.1) is 0 Å². The molecule has 1 aromatic rings. The van der Waals surface area contributed by atoms with E-state index in [2.05, 4.69) is 14.9 Å². The van der Waals surface area contributed by atoms with Crippen molar-refractivity contribution in [1.82, 2.24) is 14.9 Å². The van der Waals surface area contributed by atoms with Gasteiger partial charge in [-0.1, -0.05) is 0 Å². The second kappa shape index (κ2) is 9.61. The van der Waals surface area contributed by atoms with E-state index in [1.54, 1.807) is 0 Å². The molecule has 2 N–H and O–H groups in total. The van der Waals surface area contributed by atoms with Crippen LogP contribution in [0.25, 0.3) is 0 Å². The zero-order valence-electron chi connectivity index (χ0n) is 15.4. The Balaban J connectivity index is 1.47. The molecular weight excluding hydrogens is 370 g/mol. The third-order valence-electron chi connectivity index (χ3n) is 4.76. The first-order chi connectivity index (χ1) is 13.0. The highest BCUT2D eigenvalue weighted by molar-refractivity contribution is 7.89. The zero-order chi connectivity index (χ0) is 19.1. The van der Waals surface area contributed by atoms with Crippen molar-refractivity contribution < 1.29 is 22.7 Å². The molecule has 1 aromatic carbocycles. The number of nitrogens with one attached hydrogen (secondary N) is 2. The predicted octanol–water partition coefficient (Wildman–Crippen LogP) is 0.206. The van der Waals surface area contributed by atoms with E-state index < -0.39 is 10.0 Å². The SMILES string of the molecule is O=C(NCC1CCCO1)c1ccc(S(=O)(=O)NCCN2CCOCC2)cc1. The number of hydrogen-bond donors (Lipinski definition) is 2. The number of amides is 1. The lowest BCUT2D eigenvalue weighted by molar-refractivity contribution is 0.0390. The van der Waals surface area contributed by atoms with Gasteiger partial charge in [-0.2, -0.15) is 0 Å². The molecule has 0 saturated carbocycles. The Morgan fingerprint density at radius 2 is 1.89 bits per heavy atom. The van der Waals surface area contributed by atoms with E-state index in [-0.39, 0.29) is 16.9 Å². The third-order valence-corrected chi connectivity index (χ3v) is 6.24. The van der Waals surface area contributed by atoms with E-state index in [4.69, 9.17) is 9.47 Å². The molecule has 9 heteroatoms. The number of carbonyl (C=O) groups is 1. The van der Waals surface area contributed by atoms with Crippen molar-refractivity contribution in [3.63, 3.8) is 0 Å². The summed E-state index contributed by atoms with van der Waals surface area (Å²) in [6.45, 7) is 5.20. The lowest BCUT2D eigenvalue weighted by Crippen LogP contribution is -2.41. The smallest absolute Gasteiger partial charge is 0.251 e. The Labute approximate surface area is 160 Å². The lowest BCUT2D eigenvalue weighted by atomic mass is 10.2. The molecule has 3 rings (SSSR count). The Kier molecular flexibility index (Phi) is 7.20. The number of ether oxygens (including phenoxy) is 2. The maximum absolute atomic E-state index is 12.4. The summed E-state index contributed by atoms with van der Waals surface area (Å²) in [7, 11) is -3.59. The van der Waals surface area contributed by atoms with Crippen LogP contribution in [0.5, 0.6) is 0 Å². The maximum atomic E-state index is 12.4. The summed E-state index contributed by atoms with van der Waals surface area (Å²) < 4.78 is 38.1. The summed E-state index contributed by atoms with van der Waals surface area (Å²) in [6.07, 6.45) is 2.04. The minimum atomic E-state index is -3.59. The topological polar surface area (TPSA) is 97.0 Å². The Morgan fingerprint density at radius 3 is 2.56 bits per heavy atom. The van der Waals surface area contributed by atoms with E-state index in [1.807, 2.05) is 0 Å². The molecule has 2 fully saturated rings. The molecule has 0 spiro atoms. The van der Waals surface area contributed by atoms with E-state index in [9.17, 15) is 13.2 Å². The van der Waals surface area contributed by atoms with Crippen molar-refractivity contribution in [3.05, 3.63) is 29.8 Å². The Morgan fingerprint density at radius 1 is 1.15 bits per heavy atom. The first kappa shape index (κ1) is 20.2. The van der Waals surface area contributed by atoms with Gasteiger partial charge in [0.1, 0.15) is 0 Å². The summed E-state index contributed by atoms with van der Waals surface area (Å²) in [5, 5.41) is 2.82. The van der Waals surface area contributed by atoms with Crippen LogP contribution in [0.3, 0.4) is 0 Å². The van der Waals surface area contributed by atoms with Crippen LogP contribution in [0.1, 0.15) is 23.2 Å². The molecule has 2 heterocycles. The number of benzene rings is 1. The molecule has 2 saturated heterocycles. The highest BCUT2D eigenvalue weighted by atomic mass is 32.2. The molecule has 0 aliphatic carbocycles. The van der Waals surface area contributed by atoms with Gasteiger partial charge in [-0.3, -0.25) is 9.69 Å². The molecular formula is C18H27N3O5S. The van der Waals surface area contributed by atoms with E-state index >= 15 is 0 Å². The van der Waals surface area contributed by atoms with Crippen molar-refractivity contribution in [2.24, 2.45) is 0 Å². The van der Waals surface area contributed by atoms with Crippen molar-refractivity contribution in [2.45, 2.75) is 23.8 Å². The molecule has 1 unspecified atom stereocenters. The molecule has 150 valence electrons. The monoisotopic (exact) mass is 397 g/mol. The highest BCUT2D eigenvalue weighted by Crippen LogP contribution is 2.12. The molecule has 8 nitrogen and oxygen atoms in total. The molecule has 0 radical (unpaired) electrons. The Bertz CT molecular complexity index is 711. The average molecular weight is 397 g/mol. The molecule has 1 atom stereocenters. The van der Waals surface area contributed by atoms with E-state index in [0.29, 0.717) is 38.4 Å². The second-order valence-corrected chi connectivity index (χ2v) is 8.49. The van der Waals surface area contributed by atoms with Crippen LogP contribution in [0.2, 0.25) is 0 Å². The first-order valence-electron chi connectivity index (χ1n) is 9.34. The normalized spacial score (nSPS) is 21.3. The van der Waals surface area contributed by atoms with Crippen molar-refractivity contribution in [1.29, 1.82) is 0 Å². The molecule has 2 aliphatic rings. The molecule has 27 heavy (non-hydrogen) atoms. The summed E-state index contributed by atoms with van der Waals surface area (Å²) in [5.41, 5.74) is 0.431. The number of rotatable bonds is 8. The summed E-state index contributed by atoms with van der Waals surface area (Å²) >= 11 is 0. The second-order valence-electron chi connectivity index (χ2n) is 6.72. The number of carbonyl (C=O) groups excluding carboxylic acids is 1. The minimum absolute atomic E-state index is 0.0734. The quantitative estimate of drug-likeness (QED) is 0.651. The molecule has 0 aromatic heterocycles. The highest BCUT2D eigenvalue weighted by Gasteiger charge is 2.18. The minimum Gasteiger partial charge on any atom is -0.379 e. The molecule has 0 bridgehead atoms. The number of nitrogens with zero attached hydrogens (tertiary/aromatic N) is 1. The third kappa shape index (κ3) is 5.98. The fourth-order valence-electron chi connectivity index (χ4n) is 3.15. The molecule has 1 amide bonds. The average Bonchev–Trinajstić information content (AvgIpc) is 3.20. The lowest BCUT2D eigenvalue weighted by Gasteiger charge is -2.26. The largest absolute Gasteiger partial charge is 0.379 e. The van der Waals surface area contributed by atoms with Crippen LogP contribution >= 0.6 is 0 Å². The van der Waals surface area contributed by atoms with Gasteiger partial charge in [0.25, 0.3) is 5.91 Å². The van der Waals surface area contributed by atoms with Crippen LogP contribution in [0.15, 0.2) is 29.2 Å². The van der Waals surface area contributed by atoms with Crippen molar-refractivity contribution >= 4 is 15.9 Å².